The fourth-order valence-electron chi connectivity index (χ4n) is 0.883. The highest BCUT2D eigenvalue weighted by molar-refractivity contribution is 8.28. The van der Waals surface area contributed by atoms with Crippen molar-refractivity contribution in [1.82, 2.24) is 0 Å². The van der Waals surface area contributed by atoms with Crippen LogP contribution in [0.25, 0.3) is 0 Å². The Morgan fingerprint density at radius 1 is 1.31 bits per heavy atom. The number of hydrogen-bond donors (Lipinski definition) is 0. The lowest BCUT2D eigenvalue weighted by Crippen LogP contribution is -2.15. The molecule has 0 N–H and O–H groups in total. The average Bonchev–Trinajstić information content (AvgIpc) is 2.01. The Labute approximate surface area is 88.1 Å². The van der Waals surface area contributed by atoms with Gasteiger partial charge in [-0.15, -0.1) is 0 Å². The predicted molar refractivity (Wildman–Crippen MR) is 68.7 cm³/mol. The summed E-state index contributed by atoms with van der Waals surface area (Å²) in [5.41, 5.74) is 0. The summed E-state index contributed by atoms with van der Waals surface area (Å²) in [5.74, 6) is 1.21. The van der Waals surface area contributed by atoms with Crippen molar-refractivity contribution < 1.29 is 0 Å². The van der Waals surface area contributed by atoms with Crippen LogP contribution >= 0.6 is 11.2 Å². The molecule has 0 radical (unpaired) electrons. The number of unbranched alkanes of at least 4 members (excludes halogenated alkanes) is 2. The third-order valence-corrected chi connectivity index (χ3v) is 6.03. The molecule has 0 aliphatic heterocycles. The first-order chi connectivity index (χ1) is 6.06. The van der Waals surface area contributed by atoms with Gasteiger partial charge in [-0.25, -0.2) is 0 Å². The lowest BCUT2D eigenvalue weighted by molar-refractivity contribution is 0.840. The second-order valence-corrected chi connectivity index (χ2v) is 13.7. The molecule has 13 heavy (non-hydrogen) atoms. The lowest BCUT2D eigenvalue weighted by atomic mass is 10.3. The molecule has 0 rings (SSSR count). The largest absolute Gasteiger partial charge is 0.297 e. The fraction of sp³-hybridized carbons (Fsp3) is 0.900. The van der Waals surface area contributed by atoms with Gasteiger partial charge in [-0.3, -0.25) is 4.99 Å². The highest BCUT2D eigenvalue weighted by atomic mass is 32.4. The van der Waals surface area contributed by atoms with Gasteiger partial charge in [-0.2, -0.15) is 11.2 Å². The van der Waals surface area contributed by atoms with E-state index in [4.69, 9.17) is 0 Å². The van der Waals surface area contributed by atoms with E-state index in [1.807, 2.05) is 0 Å². The second-order valence-electron chi connectivity index (χ2n) is 4.19. The first kappa shape index (κ1) is 13.2. The van der Waals surface area contributed by atoms with Gasteiger partial charge in [0.2, 0.25) is 0 Å². The van der Waals surface area contributed by atoms with Crippen LogP contribution in [0.3, 0.4) is 0 Å². The smallest absolute Gasteiger partial charge is 0.108 e. The predicted octanol–water partition coefficient (Wildman–Crippen LogP) is 3.82. The van der Waals surface area contributed by atoms with E-state index in [1.54, 1.807) is 0 Å². The van der Waals surface area contributed by atoms with Crippen molar-refractivity contribution in [3.8, 4) is 0 Å². The zero-order valence-corrected chi connectivity index (χ0v) is 11.3. The second kappa shape index (κ2) is 7.62. The standard InChI is InChI=1S/C10H23NSSi/c1-5-6-7-8-11-9-10-12-13(2,3)4/h8H,5-7,9-10H2,1-4H3/b11-8+. The molecule has 0 aromatic rings. The van der Waals surface area contributed by atoms with Gasteiger partial charge in [0.15, 0.2) is 0 Å². The molecule has 3 heteroatoms. The topological polar surface area (TPSA) is 12.4 Å². The number of aliphatic imine (C=N–C) groups is 1. The molecule has 78 valence electrons. The molecule has 0 spiro atoms. The van der Waals surface area contributed by atoms with Gasteiger partial charge >= 0.3 is 0 Å². The number of rotatable bonds is 7. The van der Waals surface area contributed by atoms with E-state index in [0.717, 1.165) is 13.0 Å². The van der Waals surface area contributed by atoms with Crippen LogP contribution in [0.1, 0.15) is 26.2 Å². The van der Waals surface area contributed by atoms with E-state index in [0.29, 0.717) is 0 Å². The molecule has 0 aliphatic carbocycles. The van der Waals surface area contributed by atoms with Crippen molar-refractivity contribution in [1.29, 1.82) is 0 Å². The normalized spacial score (nSPS) is 12.6. The molecule has 0 saturated heterocycles. The molecule has 0 aromatic carbocycles. The van der Waals surface area contributed by atoms with Gasteiger partial charge in [0.1, 0.15) is 7.22 Å². The Hall–Kier alpha value is 0.237. The van der Waals surface area contributed by atoms with E-state index in [9.17, 15) is 0 Å². The van der Waals surface area contributed by atoms with Crippen LogP contribution in [-0.4, -0.2) is 25.7 Å². The molecule has 0 aliphatic rings. The highest BCUT2D eigenvalue weighted by Gasteiger charge is 2.11. The Balaban J connectivity index is 3.20. The van der Waals surface area contributed by atoms with E-state index >= 15 is 0 Å². The van der Waals surface area contributed by atoms with Crippen molar-refractivity contribution in [3.05, 3.63) is 0 Å². The summed E-state index contributed by atoms with van der Waals surface area (Å²) in [6, 6.07) is 0. The molecule has 0 bridgehead atoms. The summed E-state index contributed by atoms with van der Waals surface area (Å²) in [7, 11) is -0.890. The van der Waals surface area contributed by atoms with Crippen molar-refractivity contribution in [3.63, 3.8) is 0 Å². The fourth-order valence-corrected chi connectivity index (χ4v) is 3.80. The number of nitrogens with zero attached hydrogens (tertiary/aromatic N) is 1. The van der Waals surface area contributed by atoms with Crippen molar-refractivity contribution >= 4 is 24.6 Å². The zero-order valence-electron chi connectivity index (χ0n) is 9.47. The highest BCUT2D eigenvalue weighted by Crippen LogP contribution is 2.18. The van der Waals surface area contributed by atoms with Crippen molar-refractivity contribution in [2.24, 2.45) is 4.99 Å². The van der Waals surface area contributed by atoms with Crippen LogP contribution in [0, 0.1) is 0 Å². The quantitative estimate of drug-likeness (QED) is 0.359. The Morgan fingerprint density at radius 2 is 2.00 bits per heavy atom. The Kier molecular flexibility index (Phi) is 7.76. The Morgan fingerprint density at radius 3 is 2.54 bits per heavy atom. The van der Waals surface area contributed by atoms with Crippen molar-refractivity contribution in [2.75, 3.05) is 12.3 Å². The molecule has 0 aromatic heterocycles. The summed E-state index contributed by atoms with van der Waals surface area (Å²) in [6.45, 7) is 10.4. The lowest BCUT2D eigenvalue weighted by Gasteiger charge is -2.13. The molecule has 0 unspecified atom stereocenters. The summed E-state index contributed by atoms with van der Waals surface area (Å²) < 4.78 is 0. The van der Waals surface area contributed by atoms with Crippen molar-refractivity contribution in [2.45, 2.75) is 45.8 Å². The molecule has 0 heterocycles. The van der Waals surface area contributed by atoms with Gasteiger partial charge in [-0.1, -0.05) is 33.0 Å². The summed E-state index contributed by atoms with van der Waals surface area (Å²) in [5, 5.41) is 0. The number of hydrogen-bond acceptors (Lipinski definition) is 2. The van der Waals surface area contributed by atoms with E-state index < -0.39 is 7.22 Å². The summed E-state index contributed by atoms with van der Waals surface area (Å²) in [6.07, 6.45) is 5.81. The first-order valence-corrected chi connectivity index (χ1v) is 10.4. The third-order valence-electron chi connectivity index (χ3n) is 1.57. The molecule has 1 nitrogen and oxygen atoms in total. The summed E-state index contributed by atoms with van der Waals surface area (Å²) in [4.78, 5) is 4.39. The maximum absolute atomic E-state index is 4.39. The average molecular weight is 217 g/mol. The van der Waals surface area contributed by atoms with Crippen LogP contribution in [0.2, 0.25) is 19.6 Å². The molecular weight excluding hydrogens is 194 g/mol. The maximum Gasteiger partial charge on any atom is 0.108 e. The monoisotopic (exact) mass is 217 g/mol. The van der Waals surface area contributed by atoms with Gasteiger partial charge in [0.05, 0.1) is 0 Å². The van der Waals surface area contributed by atoms with Crippen LogP contribution in [0.15, 0.2) is 4.99 Å². The van der Waals surface area contributed by atoms with Crippen LogP contribution < -0.4 is 0 Å². The first-order valence-electron chi connectivity index (χ1n) is 5.18. The minimum Gasteiger partial charge on any atom is -0.297 e. The van der Waals surface area contributed by atoms with Crippen LogP contribution in [0.4, 0.5) is 0 Å². The minimum absolute atomic E-state index is 0.890. The zero-order chi connectivity index (χ0) is 10.2. The molecule has 0 saturated carbocycles. The van der Waals surface area contributed by atoms with E-state index in [-0.39, 0.29) is 0 Å². The summed E-state index contributed by atoms with van der Waals surface area (Å²) >= 11 is 2.12. The maximum atomic E-state index is 4.39. The molecular formula is C10H23NSSi. The van der Waals surface area contributed by atoms with Crippen LogP contribution in [-0.2, 0) is 0 Å². The van der Waals surface area contributed by atoms with Gasteiger partial charge < -0.3 is 0 Å². The Bertz CT molecular complexity index is 140. The van der Waals surface area contributed by atoms with Crippen LogP contribution in [0.5, 0.6) is 0 Å². The third kappa shape index (κ3) is 12.2. The SMILES string of the molecule is CCCC/C=N/CCS[Si](C)(C)C. The van der Waals surface area contributed by atoms with E-state index in [2.05, 4.69) is 49.0 Å². The minimum atomic E-state index is -0.890. The van der Waals surface area contributed by atoms with Gasteiger partial charge in [0.25, 0.3) is 0 Å². The molecule has 0 atom stereocenters. The van der Waals surface area contributed by atoms with Gasteiger partial charge in [-0.05, 0) is 19.1 Å². The van der Waals surface area contributed by atoms with E-state index in [1.165, 1.54) is 18.6 Å². The van der Waals surface area contributed by atoms with Gasteiger partial charge in [0, 0.05) is 12.3 Å². The molecule has 0 amide bonds. The molecule has 0 fully saturated rings.